The number of carbonyl (C=O) groups excluding carboxylic acids is 1. The van der Waals surface area contributed by atoms with Gasteiger partial charge in [0.15, 0.2) is 5.96 Å². The summed E-state index contributed by atoms with van der Waals surface area (Å²) in [6.07, 6.45) is 13.0. The molecule has 0 aliphatic carbocycles. The average molecular weight is 313 g/mol. The van der Waals surface area contributed by atoms with E-state index in [0.29, 0.717) is 12.5 Å². The molecule has 0 aromatic rings. The zero-order valence-electron chi connectivity index (χ0n) is 14.7. The summed E-state index contributed by atoms with van der Waals surface area (Å²) in [7, 11) is 1.36. The van der Waals surface area contributed by atoms with E-state index < -0.39 is 6.04 Å². The number of hydrogen-bond acceptors (Lipinski definition) is 3. The smallest absolute Gasteiger partial charge is 0.328 e. The number of unbranched alkanes of at least 4 members (excludes halogenated alkanes) is 9. The number of nitrogens with one attached hydrogen (secondary N) is 1. The largest absolute Gasteiger partial charge is 0.467 e. The quantitative estimate of drug-likeness (QED) is 0.236. The normalized spacial score (nSPS) is 13.0. The molecule has 5 heteroatoms. The Labute approximate surface area is 136 Å². The Morgan fingerprint density at radius 1 is 1.05 bits per heavy atom. The maximum absolute atomic E-state index is 11.2. The first-order valence-electron chi connectivity index (χ1n) is 8.76. The predicted octanol–water partition coefficient (Wildman–Crippen LogP) is 3.37. The second-order valence-electron chi connectivity index (χ2n) is 5.84. The lowest BCUT2D eigenvalue weighted by atomic mass is 10.1. The van der Waals surface area contributed by atoms with Crippen molar-refractivity contribution in [2.24, 2.45) is 10.7 Å². The molecule has 0 rings (SSSR count). The minimum absolute atomic E-state index is 0.314. The summed E-state index contributed by atoms with van der Waals surface area (Å²) in [6.45, 7) is 4.67. The van der Waals surface area contributed by atoms with Crippen molar-refractivity contribution in [1.82, 2.24) is 5.32 Å². The summed E-state index contributed by atoms with van der Waals surface area (Å²) < 4.78 is 4.61. The van der Waals surface area contributed by atoms with Gasteiger partial charge < -0.3 is 15.8 Å². The lowest BCUT2D eigenvalue weighted by molar-refractivity contribution is -0.142. The van der Waals surface area contributed by atoms with Gasteiger partial charge in [-0.3, -0.25) is 4.99 Å². The molecule has 0 fully saturated rings. The van der Waals surface area contributed by atoms with E-state index in [1.54, 1.807) is 6.92 Å². The number of guanidine groups is 1. The highest BCUT2D eigenvalue weighted by atomic mass is 16.5. The Balaban J connectivity index is 3.44. The molecule has 1 atom stereocenters. The number of aliphatic imine (C=N–C) groups is 1. The fraction of sp³-hybridized carbons (Fsp3) is 0.882. The Morgan fingerprint density at radius 3 is 2.05 bits per heavy atom. The standard InChI is InChI=1S/C17H35N3O2/c1-4-5-6-7-8-9-10-11-12-13-14-19-17(18)20-15(2)16(21)22-3/h15H,4-14H2,1-3H3,(H3,18,19,20). The lowest BCUT2D eigenvalue weighted by Gasteiger charge is -2.11. The molecule has 3 N–H and O–H groups in total. The van der Waals surface area contributed by atoms with E-state index >= 15 is 0 Å². The average Bonchev–Trinajstić information content (AvgIpc) is 2.51. The molecular formula is C17H35N3O2. The summed E-state index contributed by atoms with van der Waals surface area (Å²) >= 11 is 0. The Bertz CT molecular complexity index is 306. The van der Waals surface area contributed by atoms with Crippen LogP contribution in [-0.4, -0.2) is 31.6 Å². The van der Waals surface area contributed by atoms with Gasteiger partial charge >= 0.3 is 5.97 Å². The number of nitrogens with zero attached hydrogens (tertiary/aromatic N) is 1. The Morgan fingerprint density at radius 2 is 1.55 bits per heavy atom. The topological polar surface area (TPSA) is 76.7 Å². The number of ether oxygens (including phenoxy) is 1. The van der Waals surface area contributed by atoms with Crippen molar-refractivity contribution in [3.05, 3.63) is 0 Å². The molecule has 130 valence electrons. The maximum Gasteiger partial charge on any atom is 0.328 e. The van der Waals surface area contributed by atoms with Crippen LogP contribution in [0.5, 0.6) is 0 Å². The van der Waals surface area contributed by atoms with Crippen LogP contribution in [0.3, 0.4) is 0 Å². The van der Waals surface area contributed by atoms with Crippen LogP contribution < -0.4 is 11.1 Å². The first kappa shape index (κ1) is 20.7. The lowest BCUT2D eigenvalue weighted by Crippen LogP contribution is -2.43. The molecule has 0 aliphatic heterocycles. The van der Waals surface area contributed by atoms with Gasteiger partial charge in [-0.15, -0.1) is 0 Å². The maximum atomic E-state index is 11.2. The van der Waals surface area contributed by atoms with E-state index in [1.165, 1.54) is 64.9 Å². The van der Waals surface area contributed by atoms with Gasteiger partial charge in [0.05, 0.1) is 7.11 Å². The SMILES string of the molecule is CCCCCCCCCCCCN=C(N)NC(C)C(=O)OC. The summed E-state index contributed by atoms with van der Waals surface area (Å²) in [5.74, 6) is -0.0223. The molecule has 5 nitrogen and oxygen atoms in total. The van der Waals surface area contributed by atoms with E-state index in [9.17, 15) is 4.79 Å². The fourth-order valence-electron chi connectivity index (χ4n) is 2.30. The fourth-order valence-corrected chi connectivity index (χ4v) is 2.30. The molecule has 0 aromatic heterocycles. The highest BCUT2D eigenvalue weighted by Crippen LogP contribution is 2.10. The van der Waals surface area contributed by atoms with Crippen LogP contribution in [0, 0.1) is 0 Å². The van der Waals surface area contributed by atoms with Crippen molar-refractivity contribution in [3.8, 4) is 0 Å². The minimum atomic E-state index is -0.457. The van der Waals surface area contributed by atoms with E-state index in [-0.39, 0.29) is 5.97 Å². The molecule has 1 unspecified atom stereocenters. The second kappa shape index (κ2) is 14.7. The van der Waals surface area contributed by atoms with E-state index in [0.717, 1.165) is 6.42 Å². The van der Waals surface area contributed by atoms with Crippen LogP contribution in [0.2, 0.25) is 0 Å². The number of methoxy groups -OCH3 is 1. The second-order valence-corrected chi connectivity index (χ2v) is 5.84. The van der Waals surface area contributed by atoms with E-state index in [4.69, 9.17) is 5.73 Å². The molecule has 0 aliphatic rings. The minimum Gasteiger partial charge on any atom is -0.467 e. The number of hydrogen-bond donors (Lipinski definition) is 2. The van der Waals surface area contributed by atoms with Crippen LogP contribution >= 0.6 is 0 Å². The highest BCUT2D eigenvalue weighted by molar-refractivity contribution is 5.85. The van der Waals surface area contributed by atoms with Crippen LogP contribution in [0.1, 0.15) is 78.1 Å². The van der Waals surface area contributed by atoms with Crippen molar-refractivity contribution >= 4 is 11.9 Å². The first-order chi connectivity index (χ1) is 10.6. The molecule has 0 aromatic carbocycles. The van der Waals surface area contributed by atoms with Gasteiger partial charge in [0.1, 0.15) is 6.04 Å². The van der Waals surface area contributed by atoms with E-state index in [1.807, 2.05) is 0 Å². The van der Waals surface area contributed by atoms with Crippen molar-refractivity contribution in [2.75, 3.05) is 13.7 Å². The van der Waals surface area contributed by atoms with Gasteiger partial charge in [0.25, 0.3) is 0 Å². The zero-order valence-corrected chi connectivity index (χ0v) is 14.7. The zero-order chi connectivity index (χ0) is 16.6. The van der Waals surface area contributed by atoms with Crippen molar-refractivity contribution in [3.63, 3.8) is 0 Å². The van der Waals surface area contributed by atoms with Crippen molar-refractivity contribution in [2.45, 2.75) is 84.1 Å². The molecule has 0 bridgehead atoms. The molecule has 0 spiro atoms. The summed E-state index contributed by atoms with van der Waals surface area (Å²) in [5, 5.41) is 2.82. The van der Waals surface area contributed by atoms with Gasteiger partial charge in [0.2, 0.25) is 0 Å². The molecule has 0 amide bonds. The Kier molecular flexibility index (Phi) is 13.8. The number of esters is 1. The highest BCUT2D eigenvalue weighted by Gasteiger charge is 2.12. The van der Waals surface area contributed by atoms with Gasteiger partial charge in [-0.25, -0.2) is 4.79 Å². The summed E-state index contributed by atoms with van der Waals surface area (Å²) in [5.41, 5.74) is 5.72. The van der Waals surface area contributed by atoms with Crippen molar-refractivity contribution in [1.29, 1.82) is 0 Å². The van der Waals surface area contributed by atoms with Gasteiger partial charge in [-0.2, -0.15) is 0 Å². The summed E-state index contributed by atoms with van der Waals surface area (Å²) in [4.78, 5) is 15.4. The van der Waals surface area contributed by atoms with Crippen molar-refractivity contribution < 1.29 is 9.53 Å². The van der Waals surface area contributed by atoms with Crippen LogP contribution in [0.15, 0.2) is 4.99 Å². The third-order valence-corrected chi connectivity index (χ3v) is 3.71. The molecule has 0 radical (unpaired) electrons. The van der Waals surface area contributed by atoms with Gasteiger partial charge in [-0.05, 0) is 13.3 Å². The molecule has 22 heavy (non-hydrogen) atoms. The molecule has 0 heterocycles. The number of nitrogens with two attached hydrogens (primary N) is 1. The van der Waals surface area contributed by atoms with Crippen LogP contribution in [0.25, 0.3) is 0 Å². The van der Waals surface area contributed by atoms with Crippen LogP contribution in [-0.2, 0) is 9.53 Å². The van der Waals surface area contributed by atoms with E-state index in [2.05, 4.69) is 22.0 Å². The third-order valence-electron chi connectivity index (χ3n) is 3.71. The third kappa shape index (κ3) is 12.5. The van der Waals surface area contributed by atoms with Gasteiger partial charge in [-0.1, -0.05) is 64.7 Å². The van der Waals surface area contributed by atoms with Gasteiger partial charge in [0, 0.05) is 6.54 Å². The molecule has 0 saturated carbocycles. The van der Waals surface area contributed by atoms with Crippen LogP contribution in [0.4, 0.5) is 0 Å². The molecular weight excluding hydrogens is 278 g/mol. The monoisotopic (exact) mass is 313 g/mol. The number of carbonyl (C=O) groups is 1. The first-order valence-corrected chi connectivity index (χ1v) is 8.76. The predicted molar refractivity (Wildman–Crippen MR) is 92.9 cm³/mol. The summed E-state index contributed by atoms with van der Waals surface area (Å²) in [6, 6.07) is -0.457. The molecule has 0 saturated heterocycles. The Hall–Kier alpha value is -1.26. The number of rotatable bonds is 13.